The van der Waals surface area contributed by atoms with Gasteiger partial charge in [0.25, 0.3) is 0 Å². The first kappa shape index (κ1) is 12.8. The van der Waals surface area contributed by atoms with E-state index in [9.17, 15) is 9.59 Å². The molecule has 0 radical (unpaired) electrons. The second-order valence-corrected chi connectivity index (χ2v) is 4.03. The quantitative estimate of drug-likeness (QED) is 0.774. The summed E-state index contributed by atoms with van der Waals surface area (Å²) in [6.45, 7) is 3.70. The topological polar surface area (TPSA) is 76.1 Å². The summed E-state index contributed by atoms with van der Waals surface area (Å²) in [6, 6.07) is -0.851. The minimum Gasteiger partial charge on any atom is -0.480 e. The number of rotatable bonds is 3. The number of nitrogens with zero attached hydrogens (tertiary/aromatic N) is 1. The van der Waals surface area contributed by atoms with Crippen molar-refractivity contribution in [3.8, 4) is 0 Å². The average Bonchev–Trinajstić information content (AvgIpc) is 2.60. The Morgan fingerprint density at radius 2 is 2.06 bits per heavy atom. The highest BCUT2D eigenvalue weighted by molar-refractivity contribution is 5.81. The largest absolute Gasteiger partial charge is 0.480 e. The zero-order valence-electron chi connectivity index (χ0n) is 9.67. The molecular weight excluding hydrogens is 214 g/mol. The predicted molar refractivity (Wildman–Crippen MR) is 55.2 cm³/mol. The van der Waals surface area contributed by atoms with Crippen molar-refractivity contribution in [3.05, 3.63) is 0 Å². The Morgan fingerprint density at radius 3 is 2.50 bits per heavy atom. The van der Waals surface area contributed by atoms with Gasteiger partial charge in [-0.3, -0.25) is 4.90 Å². The number of carbonyl (C=O) groups is 2. The van der Waals surface area contributed by atoms with Crippen LogP contribution in [-0.2, 0) is 14.3 Å². The fourth-order valence-electron chi connectivity index (χ4n) is 1.67. The van der Waals surface area contributed by atoms with Crippen LogP contribution in [0.5, 0.6) is 0 Å². The maximum absolute atomic E-state index is 11.6. The fourth-order valence-corrected chi connectivity index (χ4v) is 1.67. The van der Waals surface area contributed by atoms with Crippen molar-refractivity contribution in [2.45, 2.75) is 38.5 Å². The van der Waals surface area contributed by atoms with E-state index in [-0.39, 0.29) is 18.8 Å². The molecule has 1 aliphatic heterocycles. The lowest BCUT2D eigenvalue weighted by Crippen LogP contribution is -2.41. The zero-order valence-corrected chi connectivity index (χ0v) is 9.67. The molecule has 1 amide bonds. The summed E-state index contributed by atoms with van der Waals surface area (Å²) in [6.07, 6.45) is -0.787. The molecule has 2 unspecified atom stereocenters. The zero-order chi connectivity index (χ0) is 12.3. The van der Waals surface area contributed by atoms with E-state index in [1.54, 1.807) is 13.8 Å². The molecule has 0 saturated carbocycles. The Labute approximate surface area is 94.1 Å². The Bertz CT molecular complexity index is 278. The molecule has 2 atom stereocenters. The van der Waals surface area contributed by atoms with Crippen LogP contribution >= 0.6 is 0 Å². The van der Waals surface area contributed by atoms with E-state index in [0.717, 1.165) is 0 Å². The monoisotopic (exact) mass is 231 g/mol. The number of hydrogen-bond acceptors (Lipinski definition) is 4. The van der Waals surface area contributed by atoms with Crippen LogP contribution in [0.25, 0.3) is 0 Å². The van der Waals surface area contributed by atoms with Gasteiger partial charge in [-0.15, -0.1) is 0 Å². The van der Waals surface area contributed by atoms with Gasteiger partial charge in [0.15, 0.2) is 0 Å². The second-order valence-electron chi connectivity index (χ2n) is 4.03. The molecule has 0 aromatic carbocycles. The first-order valence-corrected chi connectivity index (χ1v) is 5.18. The van der Waals surface area contributed by atoms with Crippen LogP contribution in [0.15, 0.2) is 0 Å². The molecule has 1 N–H and O–H groups in total. The molecule has 1 aliphatic rings. The number of carbonyl (C=O) groups excluding carboxylic acids is 1. The number of hydrogen-bond donors (Lipinski definition) is 1. The molecule has 0 aliphatic carbocycles. The summed E-state index contributed by atoms with van der Waals surface area (Å²) in [5.41, 5.74) is 0. The van der Waals surface area contributed by atoms with Crippen molar-refractivity contribution in [2.75, 3.05) is 13.7 Å². The number of aliphatic carboxylic acids is 1. The van der Waals surface area contributed by atoms with Gasteiger partial charge in [-0.05, 0) is 13.8 Å². The van der Waals surface area contributed by atoms with Gasteiger partial charge in [-0.25, -0.2) is 9.59 Å². The van der Waals surface area contributed by atoms with E-state index in [1.165, 1.54) is 12.0 Å². The molecule has 6 nitrogen and oxygen atoms in total. The molecule has 0 aromatic rings. The van der Waals surface area contributed by atoms with E-state index in [4.69, 9.17) is 14.6 Å². The number of methoxy groups -OCH3 is 1. The Hall–Kier alpha value is -1.30. The molecule has 16 heavy (non-hydrogen) atoms. The second kappa shape index (κ2) is 5.16. The molecular formula is C10H17NO5. The van der Waals surface area contributed by atoms with Crippen molar-refractivity contribution < 1.29 is 24.2 Å². The van der Waals surface area contributed by atoms with Gasteiger partial charge < -0.3 is 14.6 Å². The van der Waals surface area contributed by atoms with Crippen LogP contribution in [0.4, 0.5) is 4.79 Å². The highest BCUT2D eigenvalue weighted by atomic mass is 16.6. The van der Waals surface area contributed by atoms with Crippen LogP contribution < -0.4 is 0 Å². The van der Waals surface area contributed by atoms with E-state index >= 15 is 0 Å². The molecule has 1 rings (SSSR count). The summed E-state index contributed by atoms with van der Waals surface area (Å²) in [5, 5.41) is 8.97. The molecule has 0 spiro atoms. The van der Waals surface area contributed by atoms with E-state index in [1.807, 2.05) is 0 Å². The van der Waals surface area contributed by atoms with E-state index in [0.29, 0.717) is 6.42 Å². The summed E-state index contributed by atoms with van der Waals surface area (Å²) in [7, 11) is 1.50. The normalized spacial score (nSPS) is 24.9. The number of carboxylic acid groups (broad SMARTS) is 1. The Kier molecular flexibility index (Phi) is 4.12. The third-order valence-electron chi connectivity index (χ3n) is 2.45. The van der Waals surface area contributed by atoms with Crippen LogP contribution in [0.2, 0.25) is 0 Å². The van der Waals surface area contributed by atoms with Crippen LogP contribution in [0.1, 0.15) is 20.3 Å². The van der Waals surface area contributed by atoms with Gasteiger partial charge in [0.2, 0.25) is 0 Å². The van der Waals surface area contributed by atoms with Gasteiger partial charge in [0, 0.05) is 13.5 Å². The van der Waals surface area contributed by atoms with E-state index < -0.39 is 18.1 Å². The molecule has 1 heterocycles. The molecule has 92 valence electrons. The summed E-state index contributed by atoms with van der Waals surface area (Å²) >= 11 is 0. The minimum atomic E-state index is -1.03. The predicted octanol–water partition coefficient (Wildman–Crippen LogP) is 0.705. The third-order valence-corrected chi connectivity index (χ3v) is 2.45. The smallest absolute Gasteiger partial charge is 0.410 e. The first-order valence-electron chi connectivity index (χ1n) is 5.18. The summed E-state index contributed by atoms with van der Waals surface area (Å²) < 4.78 is 10.0. The van der Waals surface area contributed by atoms with Crippen LogP contribution in [-0.4, -0.2) is 54.0 Å². The Balaban J connectivity index is 2.69. The molecule has 0 aromatic heterocycles. The number of carboxylic acids is 1. The van der Waals surface area contributed by atoms with Gasteiger partial charge in [-0.2, -0.15) is 0 Å². The average molecular weight is 231 g/mol. The van der Waals surface area contributed by atoms with Crippen molar-refractivity contribution in [2.24, 2.45) is 0 Å². The van der Waals surface area contributed by atoms with Gasteiger partial charge in [0.05, 0.1) is 18.8 Å². The summed E-state index contributed by atoms with van der Waals surface area (Å²) in [5.74, 6) is -1.03. The maximum atomic E-state index is 11.6. The lowest BCUT2D eigenvalue weighted by molar-refractivity contribution is -0.141. The fraction of sp³-hybridized carbons (Fsp3) is 0.800. The van der Waals surface area contributed by atoms with Crippen molar-refractivity contribution in [1.82, 2.24) is 4.90 Å². The van der Waals surface area contributed by atoms with Crippen molar-refractivity contribution in [3.63, 3.8) is 0 Å². The van der Waals surface area contributed by atoms with Gasteiger partial charge >= 0.3 is 12.1 Å². The van der Waals surface area contributed by atoms with Crippen LogP contribution in [0.3, 0.4) is 0 Å². The van der Waals surface area contributed by atoms with Crippen molar-refractivity contribution in [1.29, 1.82) is 0 Å². The van der Waals surface area contributed by atoms with Gasteiger partial charge in [0.1, 0.15) is 6.04 Å². The maximum Gasteiger partial charge on any atom is 0.410 e. The highest BCUT2D eigenvalue weighted by Gasteiger charge is 2.40. The number of likely N-dealkylation sites (tertiary alicyclic amines) is 1. The van der Waals surface area contributed by atoms with E-state index in [2.05, 4.69) is 0 Å². The first-order chi connectivity index (χ1) is 7.45. The number of ether oxygens (including phenoxy) is 2. The number of amides is 1. The van der Waals surface area contributed by atoms with Gasteiger partial charge in [-0.1, -0.05) is 0 Å². The lowest BCUT2D eigenvalue weighted by Gasteiger charge is -2.21. The third kappa shape index (κ3) is 2.85. The van der Waals surface area contributed by atoms with Crippen molar-refractivity contribution >= 4 is 12.1 Å². The molecule has 1 fully saturated rings. The lowest BCUT2D eigenvalue weighted by atomic mass is 10.2. The highest BCUT2D eigenvalue weighted by Crippen LogP contribution is 2.21. The SMILES string of the molecule is COC1CC(C(=O)O)N(C(=O)OC(C)C)C1. The summed E-state index contributed by atoms with van der Waals surface area (Å²) in [4.78, 5) is 23.8. The molecule has 0 bridgehead atoms. The minimum absolute atomic E-state index is 0.235. The van der Waals surface area contributed by atoms with Crippen LogP contribution in [0, 0.1) is 0 Å². The molecule has 1 saturated heterocycles. The standard InChI is InChI=1S/C10H17NO5/c1-6(2)16-10(14)11-5-7(15-3)4-8(11)9(12)13/h6-8H,4-5H2,1-3H3,(H,12,13). The Morgan fingerprint density at radius 1 is 1.44 bits per heavy atom. The molecule has 6 heteroatoms.